The maximum Gasteiger partial charge on any atom is 0.126 e. The lowest BCUT2D eigenvalue weighted by Crippen LogP contribution is -2.25. The first-order valence-corrected chi connectivity index (χ1v) is 14.1. The van der Waals surface area contributed by atoms with E-state index in [4.69, 9.17) is 0 Å². The molecule has 4 heteroatoms. The van der Waals surface area contributed by atoms with E-state index in [1.165, 1.54) is 82.1 Å². The molecule has 0 saturated heterocycles. The van der Waals surface area contributed by atoms with Gasteiger partial charge >= 0.3 is 0 Å². The molecule has 36 heavy (non-hydrogen) atoms. The summed E-state index contributed by atoms with van der Waals surface area (Å²) in [5, 5.41) is 0. The van der Waals surface area contributed by atoms with Gasteiger partial charge in [-0.25, -0.2) is 17.6 Å². The highest BCUT2D eigenvalue weighted by atomic mass is 19.1. The van der Waals surface area contributed by atoms with E-state index in [1.807, 2.05) is 0 Å². The molecular weight excluding hydrogens is 460 g/mol. The summed E-state index contributed by atoms with van der Waals surface area (Å²) in [6.07, 6.45) is 18.5. The molecule has 4 aliphatic rings. The largest absolute Gasteiger partial charge is 0.207 e. The summed E-state index contributed by atoms with van der Waals surface area (Å²) in [5.74, 6) is 2.08. The van der Waals surface area contributed by atoms with Crippen LogP contribution in [0.3, 0.4) is 0 Å². The van der Waals surface area contributed by atoms with Crippen LogP contribution in [-0.2, 0) is 0 Å². The van der Waals surface area contributed by atoms with Gasteiger partial charge in [-0.15, -0.1) is 0 Å². The molecule has 0 radical (unpaired) electrons. The van der Waals surface area contributed by atoms with Crippen molar-refractivity contribution in [3.8, 4) is 0 Å². The molecule has 0 spiro atoms. The Hall–Kier alpha value is -2.10. The van der Waals surface area contributed by atoms with E-state index in [0.29, 0.717) is 5.92 Å². The van der Waals surface area contributed by atoms with Crippen LogP contribution in [0.15, 0.2) is 42.5 Å². The quantitative estimate of drug-likeness (QED) is 0.368. The highest BCUT2D eigenvalue weighted by Crippen LogP contribution is 2.45. The van der Waals surface area contributed by atoms with E-state index in [2.05, 4.69) is 6.08 Å². The first-order valence-electron chi connectivity index (χ1n) is 14.1. The maximum absolute atomic E-state index is 13.2. The minimum atomic E-state index is -0.480. The van der Waals surface area contributed by atoms with E-state index in [1.54, 1.807) is 0 Å². The summed E-state index contributed by atoms with van der Waals surface area (Å²) in [4.78, 5) is 0. The molecule has 0 heterocycles. The third-order valence-electron chi connectivity index (χ3n) is 9.45. The summed E-state index contributed by atoms with van der Waals surface area (Å²) in [6, 6.07) is 7.81. The van der Waals surface area contributed by atoms with Crippen LogP contribution in [0.2, 0.25) is 0 Å². The summed E-state index contributed by atoms with van der Waals surface area (Å²) in [7, 11) is 0. The van der Waals surface area contributed by atoms with Crippen molar-refractivity contribution in [2.75, 3.05) is 0 Å². The zero-order valence-corrected chi connectivity index (χ0v) is 21.1. The highest BCUT2D eigenvalue weighted by molar-refractivity contribution is 5.66. The molecule has 3 saturated carbocycles. The van der Waals surface area contributed by atoms with Gasteiger partial charge in [0.05, 0.1) is 0 Å². The number of rotatable bonds is 4. The van der Waals surface area contributed by atoms with Crippen molar-refractivity contribution in [3.63, 3.8) is 0 Å². The number of allylic oxidation sites excluding steroid dienone is 2. The van der Waals surface area contributed by atoms with Gasteiger partial charge in [0.2, 0.25) is 0 Å². The Labute approximate surface area is 213 Å². The maximum atomic E-state index is 13.2. The summed E-state index contributed by atoms with van der Waals surface area (Å²) < 4.78 is 52.8. The van der Waals surface area contributed by atoms with Gasteiger partial charge in [-0.1, -0.05) is 44.6 Å². The smallest absolute Gasteiger partial charge is 0.126 e. The Balaban J connectivity index is 0.000000148. The number of hydrogen-bond acceptors (Lipinski definition) is 0. The fourth-order valence-electron chi connectivity index (χ4n) is 6.84. The third kappa shape index (κ3) is 6.23. The monoisotopic (exact) mass is 498 g/mol. The molecule has 0 amide bonds. The van der Waals surface area contributed by atoms with Crippen molar-refractivity contribution in [1.29, 1.82) is 0 Å². The number of hydrogen-bond donors (Lipinski definition) is 0. The van der Waals surface area contributed by atoms with Crippen molar-refractivity contribution >= 4 is 5.57 Å². The van der Waals surface area contributed by atoms with Crippen molar-refractivity contribution < 1.29 is 17.6 Å². The molecule has 1 atom stereocenters. The average molecular weight is 499 g/mol. The molecule has 0 N–H and O–H groups in total. The lowest BCUT2D eigenvalue weighted by atomic mass is 9.67. The van der Waals surface area contributed by atoms with Crippen molar-refractivity contribution in [3.05, 3.63) is 76.9 Å². The third-order valence-corrected chi connectivity index (χ3v) is 9.45. The summed E-state index contributed by atoms with van der Waals surface area (Å²) in [5.41, 5.74) is 2.70. The number of benzene rings is 2. The minimum absolute atomic E-state index is 0.367. The van der Waals surface area contributed by atoms with Crippen LogP contribution in [0.25, 0.3) is 5.57 Å². The van der Waals surface area contributed by atoms with E-state index < -0.39 is 23.3 Å². The Morgan fingerprint density at radius 2 is 1.00 bits per heavy atom. The first-order chi connectivity index (χ1) is 17.4. The van der Waals surface area contributed by atoms with E-state index in [-0.39, 0.29) is 0 Å². The lowest BCUT2D eigenvalue weighted by molar-refractivity contribution is 0.153. The van der Waals surface area contributed by atoms with Crippen LogP contribution in [0.5, 0.6) is 0 Å². The average Bonchev–Trinajstić information content (AvgIpc) is 2.77. The molecule has 194 valence electrons. The van der Waals surface area contributed by atoms with Gasteiger partial charge in [0.15, 0.2) is 0 Å². The van der Waals surface area contributed by atoms with Crippen LogP contribution < -0.4 is 0 Å². The van der Waals surface area contributed by atoms with Gasteiger partial charge in [0, 0.05) is 12.1 Å². The standard InChI is InChI=1S/C16H20F2.C16H18F2/c2*17-15-8-14(9-16(18)10-15)13-6-4-12(5-7-13)11-2-1-3-11/h8-13H,1-7H2;6,8-12H,1-5,7H2. The Bertz CT molecular complexity index is 1020. The molecule has 3 fully saturated rings. The Morgan fingerprint density at radius 3 is 1.47 bits per heavy atom. The van der Waals surface area contributed by atoms with E-state index in [9.17, 15) is 17.6 Å². The second kappa shape index (κ2) is 11.5. The predicted molar refractivity (Wildman–Crippen MR) is 137 cm³/mol. The molecule has 0 aliphatic heterocycles. The van der Waals surface area contributed by atoms with Gasteiger partial charge in [0.25, 0.3) is 0 Å². The SMILES string of the molecule is Fc1cc(F)cc(C2=CCC(C3CCC3)CC2)c1.Fc1cc(F)cc(C2CCC(C3CCC3)CC2)c1. The first kappa shape index (κ1) is 25.5. The van der Waals surface area contributed by atoms with E-state index >= 15 is 0 Å². The van der Waals surface area contributed by atoms with Crippen LogP contribution >= 0.6 is 0 Å². The van der Waals surface area contributed by atoms with Crippen LogP contribution in [0.1, 0.15) is 101 Å². The van der Waals surface area contributed by atoms with Gasteiger partial charge in [-0.3, -0.25) is 0 Å². The second-order valence-corrected chi connectivity index (χ2v) is 11.6. The molecule has 0 aromatic heterocycles. The molecule has 1 unspecified atom stereocenters. The Kier molecular flexibility index (Phi) is 8.18. The van der Waals surface area contributed by atoms with Crippen LogP contribution in [0, 0.1) is 46.9 Å². The Morgan fingerprint density at radius 1 is 0.500 bits per heavy atom. The van der Waals surface area contributed by atoms with Crippen LogP contribution in [-0.4, -0.2) is 0 Å². The summed E-state index contributed by atoms with van der Waals surface area (Å²) >= 11 is 0. The molecular formula is C32H38F4. The highest BCUT2D eigenvalue weighted by Gasteiger charge is 2.31. The van der Waals surface area contributed by atoms with Crippen molar-refractivity contribution in [2.24, 2.45) is 23.7 Å². The minimum Gasteiger partial charge on any atom is -0.207 e. The molecule has 0 bridgehead atoms. The van der Waals surface area contributed by atoms with Crippen molar-refractivity contribution in [2.45, 2.75) is 89.4 Å². The molecule has 0 nitrogen and oxygen atoms in total. The molecule has 4 aliphatic carbocycles. The zero-order chi connectivity index (χ0) is 25.1. The fourth-order valence-corrected chi connectivity index (χ4v) is 6.84. The predicted octanol–water partition coefficient (Wildman–Crippen LogP) is 9.99. The zero-order valence-electron chi connectivity index (χ0n) is 21.1. The molecule has 2 aromatic rings. The van der Waals surface area contributed by atoms with Gasteiger partial charge in [-0.2, -0.15) is 0 Å². The van der Waals surface area contributed by atoms with Crippen LogP contribution in [0.4, 0.5) is 17.6 Å². The van der Waals surface area contributed by atoms with E-state index in [0.717, 1.165) is 78.2 Å². The molecule has 6 rings (SSSR count). The fraction of sp³-hybridized carbons (Fsp3) is 0.562. The molecule has 2 aromatic carbocycles. The van der Waals surface area contributed by atoms with Crippen molar-refractivity contribution in [1.82, 2.24) is 0 Å². The second-order valence-electron chi connectivity index (χ2n) is 11.6. The summed E-state index contributed by atoms with van der Waals surface area (Å²) in [6.45, 7) is 0. The van der Waals surface area contributed by atoms with Gasteiger partial charge in [-0.05, 0) is 116 Å². The topological polar surface area (TPSA) is 0 Å². The number of halogens is 4. The van der Waals surface area contributed by atoms with Gasteiger partial charge in [0.1, 0.15) is 23.3 Å². The van der Waals surface area contributed by atoms with Gasteiger partial charge < -0.3 is 0 Å². The lowest BCUT2D eigenvalue weighted by Gasteiger charge is -2.38. The normalized spacial score (nSPS) is 26.8.